The third-order valence-corrected chi connectivity index (χ3v) is 7.15. The number of pyridine rings is 1. The number of benzene rings is 2. The summed E-state index contributed by atoms with van der Waals surface area (Å²) in [7, 11) is 1.50. The summed E-state index contributed by atoms with van der Waals surface area (Å²) in [5, 5.41) is 6.00. The Balaban J connectivity index is 1.12. The van der Waals surface area contributed by atoms with Gasteiger partial charge in [0, 0.05) is 42.7 Å². The first-order valence-corrected chi connectivity index (χ1v) is 13.7. The van der Waals surface area contributed by atoms with Crippen LogP contribution in [0.4, 0.5) is 0 Å². The summed E-state index contributed by atoms with van der Waals surface area (Å²) in [5.74, 6) is -1.40. The maximum atomic E-state index is 12.9. The van der Waals surface area contributed by atoms with Crippen molar-refractivity contribution in [2.24, 2.45) is 0 Å². The molecule has 4 amide bonds. The number of imide groups is 1. The first kappa shape index (κ1) is 28.4. The number of nitrogens with one attached hydrogen (secondary N) is 2. The molecule has 0 saturated carbocycles. The second-order valence-electron chi connectivity index (χ2n) is 9.79. The lowest BCUT2D eigenvalue weighted by Gasteiger charge is -2.33. The average Bonchev–Trinajstić information content (AvgIpc) is 3.24. The first-order chi connectivity index (χ1) is 19.8. The molecule has 1 fully saturated rings. The van der Waals surface area contributed by atoms with Crippen molar-refractivity contribution in [2.45, 2.75) is 31.6 Å². The highest BCUT2D eigenvalue weighted by Gasteiger charge is 2.41. The van der Waals surface area contributed by atoms with E-state index in [9.17, 15) is 19.2 Å². The lowest BCUT2D eigenvalue weighted by Crippen LogP contribution is -2.49. The number of fused-ring (bicyclic) bond motifs is 1. The van der Waals surface area contributed by atoms with E-state index in [1.165, 1.54) is 18.0 Å². The van der Waals surface area contributed by atoms with Gasteiger partial charge in [-0.3, -0.25) is 24.1 Å². The van der Waals surface area contributed by atoms with E-state index in [-0.39, 0.29) is 36.6 Å². The predicted molar refractivity (Wildman–Crippen MR) is 150 cm³/mol. The van der Waals surface area contributed by atoms with Gasteiger partial charge in [0.25, 0.3) is 23.6 Å². The van der Waals surface area contributed by atoms with E-state index in [1.807, 2.05) is 18.2 Å². The van der Waals surface area contributed by atoms with Crippen LogP contribution in [-0.2, 0) is 15.9 Å². The van der Waals surface area contributed by atoms with Crippen molar-refractivity contribution in [1.29, 1.82) is 0 Å². The zero-order valence-electron chi connectivity index (χ0n) is 22.4. The normalized spacial score (nSPS) is 18.2. The molecule has 5 rings (SSSR count). The summed E-state index contributed by atoms with van der Waals surface area (Å²) >= 11 is 6.09. The number of carbonyl (C=O) groups excluding carboxylic acids is 4. The fourth-order valence-corrected chi connectivity index (χ4v) is 5.08. The number of hydrogen-bond acceptors (Lipinski definition) is 7. The van der Waals surface area contributed by atoms with Crippen LogP contribution in [0.15, 0.2) is 60.7 Å². The Morgan fingerprint density at radius 1 is 0.976 bits per heavy atom. The lowest BCUT2D eigenvalue weighted by atomic mass is 10.1. The van der Waals surface area contributed by atoms with Gasteiger partial charge in [-0.25, -0.2) is 4.98 Å². The topological polar surface area (TPSA) is 127 Å². The molecule has 2 N–H and O–H groups in total. The third kappa shape index (κ3) is 6.45. The summed E-state index contributed by atoms with van der Waals surface area (Å²) in [5.41, 5.74) is 2.73. The van der Waals surface area contributed by atoms with Crippen LogP contribution in [0.25, 0.3) is 0 Å². The maximum Gasteiger partial charge on any atom is 0.269 e. The van der Waals surface area contributed by atoms with Crippen LogP contribution >= 0.6 is 11.6 Å². The zero-order valence-corrected chi connectivity index (χ0v) is 23.1. The predicted octanol–water partition coefficient (Wildman–Crippen LogP) is 3.23. The molecule has 10 nitrogen and oxygen atoms in total. The van der Waals surface area contributed by atoms with Gasteiger partial charge in [-0.05, 0) is 48.4 Å². The molecule has 0 aliphatic carbocycles. The van der Waals surface area contributed by atoms with E-state index in [4.69, 9.17) is 21.1 Å². The molecular weight excluding hydrogens is 548 g/mol. The molecule has 2 aliphatic rings. The monoisotopic (exact) mass is 576 g/mol. The highest BCUT2D eigenvalue weighted by Crippen LogP contribution is 2.26. The maximum absolute atomic E-state index is 12.9. The van der Waals surface area contributed by atoms with Crippen molar-refractivity contribution < 1.29 is 28.7 Å². The van der Waals surface area contributed by atoms with Gasteiger partial charge in [-0.1, -0.05) is 35.9 Å². The van der Waals surface area contributed by atoms with Crippen LogP contribution in [0, 0.1) is 0 Å². The largest absolute Gasteiger partial charge is 0.354 e. The Morgan fingerprint density at radius 2 is 1.68 bits per heavy atom. The van der Waals surface area contributed by atoms with Gasteiger partial charge in [0.2, 0.25) is 0 Å². The minimum absolute atomic E-state index is 0.147. The fraction of sp³-hybridized carbons (Fsp3) is 0.300. The second-order valence-corrected chi connectivity index (χ2v) is 10.2. The molecule has 0 bridgehead atoms. The van der Waals surface area contributed by atoms with Crippen molar-refractivity contribution in [1.82, 2.24) is 20.5 Å². The minimum Gasteiger partial charge on any atom is -0.354 e. The smallest absolute Gasteiger partial charge is 0.269 e. The Labute approximate surface area is 242 Å². The van der Waals surface area contributed by atoms with Crippen molar-refractivity contribution in [3.63, 3.8) is 0 Å². The number of hydrogen-bond donors (Lipinski definition) is 2. The van der Waals surface area contributed by atoms with Crippen molar-refractivity contribution in [2.75, 3.05) is 26.8 Å². The Kier molecular flexibility index (Phi) is 8.72. The molecule has 0 atom stereocenters. The van der Waals surface area contributed by atoms with Gasteiger partial charge in [-0.15, -0.1) is 0 Å². The second kappa shape index (κ2) is 12.6. The zero-order chi connectivity index (χ0) is 28.9. The number of ether oxygens (including phenoxy) is 2. The Bertz CT molecular complexity index is 1450. The number of halogens is 1. The number of nitrogens with zero attached hydrogens (tertiary/aromatic N) is 2. The molecule has 2 aliphatic heterocycles. The number of aromatic nitrogens is 1. The van der Waals surface area contributed by atoms with Crippen LogP contribution < -0.4 is 10.6 Å². The highest BCUT2D eigenvalue weighted by atomic mass is 35.5. The van der Waals surface area contributed by atoms with Crippen molar-refractivity contribution in [3.05, 3.63) is 99.3 Å². The van der Waals surface area contributed by atoms with Crippen LogP contribution in [0.5, 0.6) is 0 Å². The molecule has 212 valence electrons. The minimum atomic E-state index is -0.511. The van der Waals surface area contributed by atoms with Gasteiger partial charge in [0.15, 0.2) is 6.29 Å². The van der Waals surface area contributed by atoms with Crippen LogP contribution in [-0.4, -0.2) is 72.7 Å². The summed E-state index contributed by atoms with van der Waals surface area (Å²) in [6, 6.07) is 16.7. The van der Waals surface area contributed by atoms with Crippen molar-refractivity contribution in [3.8, 4) is 0 Å². The molecular formula is C30H29ClN4O6. The summed E-state index contributed by atoms with van der Waals surface area (Å²) in [4.78, 5) is 56.3. The average molecular weight is 577 g/mol. The highest BCUT2D eigenvalue weighted by molar-refractivity contribution is 6.30. The van der Waals surface area contributed by atoms with Crippen LogP contribution in [0.1, 0.15) is 65.7 Å². The Morgan fingerprint density at radius 3 is 2.34 bits per heavy atom. The van der Waals surface area contributed by atoms with E-state index in [0.29, 0.717) is 53.2 Å². The first-order valence-electron chi connectivity index (χ1n) is 13.3. The number of rotatable bonds is 9. The number of amides is 4. The van der Waals surface area contributed by atoms with E-state index in [1.54, 1.807) is 36.4 Å². The van der Waals surface area contributed by atoms with Crippen molar-refractivity contribution >= 4 is 35.2 Å². The van der Waals surface area contributed by atoms with Crippen LogP contribution in [0.2, 0.25) is 5.02 Å². The molecule has 1 aromatic heterocycles. The standard InChI is InChI=1S/C30H29ClN4O6/c1-32-28(37)25-15-19(14-21(34-25)13-18-6-4-7-20(31)12-18)27(36)33-11-5-10-26-40-16-22(17-41-26)35-29(38)23-8-2-3-9-24(23)30(35)39/h2-4,6-9,12,14-15,22,26H,5,10-11,13,16-17H2,1H3,(H,32,37)(H,33,36). The van der Waals surface area contributed by atoms with E-state index < -0.39 is 18.2 Å². The molecule has 41 heavy (non-hydrogen) atoms. The molecule has 0 unspecified atom stereocenters. The van der Waals surface area contributed by atoms with Gasteiger partial charge >= 0.3 is 0 Å². The van der Waals surface area contributed by atoms with Gasteiger partial charge in [-0.2, -0.15) is 0 Å². The molecule has 0 spiro atoms. The Hall–Kier alpha value is -4.12. The summed E-state index contributed by atoms with van der Waals surface area (Å²) in [6.45, 7) is 0.708. The molecule has 3 aromatic rings. The van der Waals surface area contributed by atoms with Gasteiger partial charge in [0.05, 0.1) is 30.4 Å². The molecule has 2 aromatic carbocycles. The van der Waals surface area contributed by atoms with Gasteiger partial charge < -0.3 is 20.1 Å². The molecule has 0 radical (unpaired) electrons. The molecule has 11 heteroatoms. The van der Waals surface area contributed by atoms with Crippen LogP contribution in [0.3, 0.4) is 0 Å². The van der Waals surface area contributed by atoms with E-state index in [2.05, 4.69) is 15.6 Å². The quantitative estimate of drug-likeness (QED) is 0.296. The SMILES string of the molecule is CNC(=O)c1cc(C(=O)NCCCC2OCC(N3C(=O)c4ccccc4C3=O)CO2)cc(Cc2cccc(Cl)c2)n1. The van der Waals surface area contributed by atoms with E-state index in [0.717, 1.165) is 5.56 Å². The van der Waals surface area contributed by atoms with E-state index >= 15 is 0 Å². The third-order valence-electron chi connectivity index (χ3n) is 6.92. The molecule has 3 heterocycles. The van der Waals surface area contributed by atoms with Gasteiger partial charge in [0.1, 0.15) is 5.69 Å². The lowest BCUT2D eigenvalue weighted by molar-refractivity contribution is -0.199. The molecule has 1 saturated heterocycles. The fourth-order valence-electron chi connectivity index (χ4n) is 4.87. The number of carbonyl (C=O) groups is 4. The summed E-state index contributed by atoms with van der Waals surface area (Å²) in [6.07, 6.45) is 0.971. The summed E-state index contributed by atoms with van der Waals surface area (Å²) < 4.78 is 11.6.